The van der Waals surface area contributed by atoms with Crippen LogP contribution in [0.2, 0.25) is 0 Å². The number of carbonyl (C=O) groups excluding carboxylic acids is 2. The van der Waals surface area contributed by atoms with Crippen LogP contribution in [0.25, 0.3) is 0 Å². The van der Waals surface area contributed by atoms with E-state index < -0.39 is 5.72 Å². The Morgan fingerprint density at radius 1 is 1.47 bits per heavy atom. The Morgan fingerprint density at radius 3 is 2.79 bits per heavy atom. The molecule has 19 heavy (non-hydrogen) atoms. The Hall–Kier alpha value is -1.68. The summed E-state index contributed by atoms with van der Waals surface area (Å²) in [6, 6.07) is 0. The molecule has 0 aromatic heterocycles. The number of unbranched alkanes of at least 4 members (excludes halogenated alkanes) is 1. The minimum absolute atomic E-state index is 0.0685. The van der Waals surface area contributed by atoms with E-state index in [1.807, 2.05) is 6.08 Å². The molecule has 2 aliphatic rings. The van der Waals surface area contributed by atoms with E-state index in [1.165, 1.54) is 12.2 Å². The maximum absolute atomic E-state index is 12.3. The summed E-state index contributed by atoms with van der Waals surface area (Å²) in [6.45, 7) is 4.07. The van der Waals surface area contributed by atoms with E-state index in [4.69, 9.17) is 4.74 Å². The lowest BCUT2D eigenvalue weighted by Crippen LogP contribution is -2.57. The number of nitrogens with zero attached hydrogens (tertiary/aromatic N) is 1. The average Bonchev–Trinajstić information content (AvgIpc) is 2.42. The van der Waals surface area contributed by atoms with Crippen LogP contribution in [-0.4, -0.2) is 36.0 Å². The van der Waals surface area contributed by atoms with Gasteiger partial charge in [-0.25, -0.2) is 0 Å². The minimum Gasteiger partial charge on any atom is -0.347 e. The molecule has 0 aromatic rings. The highest BCUT2D eigenvalue weighted by Gasteiger charge is 2.42. The molecule has 0 radical (unpaired) electrons. The van der Waals surface area contributed by atoms with Crippen molar-refractivity contribution in [2.24, 2.45) is 5.92 Å². The second-order valence-electron chi connectivity index (χ2n) is 4.95. The van der Waals surface area contributed by atoms with Gasteiger partial charge in [-0.05, 0) is 43.6 Å². The number of carbonyl (C=O) groups is 2. The number of rotatable bonds is 4. The third kappa shape index (κ3) is 2.68. The Morgan fingerprint density at radius 2 is 2.16 bits per heavy atom. The number of amides is 1. The largest absolute Gasteiger partial charge is 0.347 e. The normalized spacial score (nSPS) is 25.1. The van der Waals surface area contributed by atoms with Gasteiger partial charge >= 0.3 is 0 Å². The van der Waals surface area contributed by atoms with Gasteiger partial charge < -0.3 is 9.64 Å². The van der Waals surface area contributed by atoms with Crippen molar-refractivity contribution in [2.75, 3.05) is 13.7 Å². The highest BCUT2D eigenvalue weighted by molar-refractivity contribution is 6.00. The lowest BCUT2D eigenvalue weighted by Gasteiger charge is -2.44. The molecule has 4 nitrogen and oxygen atoms in total. The van der Waals surface area contributed by atoms with Crippen molar-refractivity contribution >= 4 is 11.7 Å². The summed E-state index contributed by atoms with van der Waals surface area (Å²) in [5.74, 6) is -0.114. The van der Waals surface area contributed by atoms with E-state index in [-0.39, 0.29) is 17.6 Å². The first-order valence-electron chi connectivity index (χ1n) is 6.54. The fourth-order valence-corrected chi connectivity index (χ4v) is 2.40. The minimum atomic E-state index is -0.875. The summed E-state index contributed by atoms with van der Waals surface area (Å²) >= 11 is 0. The van der Waals surface area contributed by atoms with Crippen molar-refractivity contribution in [3.8, 4) is 0 Å². The highest BCUT2D eigenvalue weighted by Crippen LogP contribution is 2.31. The fourth-order valence-electron chi connectivity index (χ4n) is 2.40. The van der Waals surface area contributed by atoms with Gasteiger partial charge in [0, 0.05) is 7.05 Å². The second-order valence-corrected chi connectivity index (χ2v) is 4.95. The van der Waals surface area contributed by atoms with E-state index in [2.05, 4.69) is 6.58 Å². The number of hydrogen-bond donors (Lipinski definition) is 0. The first-order chi connectivity index (χ1) is 9.09. The van der Waals surface area contributed by atoms with E-state index >= 15 is 0 Å². The molecular weight excluding hydrogens is 242 g/mol. The van der Waals surface area contributed by atoms with Crippen molar-refractivity contribution in [1.82, 2.24) is 4.90 Å². The molecule has 1 aliphatic heterocycles. The zero-order valence-electron chi connectivity index (χ0n) is 11.2. The first kappa shape index (κ1) is 13.7. The summed E-state index contributed by atoms with van der Waals surface area (Å²) in [5, 5.41) is 0. The SMILES string of the molecule is C=CCCCC1COC2(C=CC(=O)C=C2)N(C)C1=O. The van der Waals surface area contributed by atoms with Crippen molar-refractivity contribution in [3.63, 3.8) is 0 Å². The van der Waals surface area contributed by atoms with Crippen LogP contribution < -0.4 is 0 Å². The summed E-state index contributed by atoms with van der Waals surface area (Å²) in [7, 11) is 1.71. The van der Waals surface area contributed by atoms with E-state index in [0.717, 1.165) is 19.3 Å². The van der Waals surface area contributed by atoms with Gasteiger partial charge in [-0.3, -0.25) is 9.59 Å². The zero-order chi connectivity index (χ0) is 13.9. The zero-order valence-corrected chi connectivity index (χ0v) is 11.2. The van der Waals surface area contributed by atoms with Gasteiger partial charge in [0.25, 0.3) is 0 Å². The standard InChI is InChI=1S/C15H19NO3/c1-3-4-5-6-12-11-19-15(16(2)14(12)18)9-7-13(17)8-10-15/h3,7-10,12H,1,4-6,11H2,2H3. The Balaban J connectivity index is 2.05. The van der Waals surface area contributed by atoms with Crippen molar-refractivity contribution in [1.29, 1.82) is 0 Å². The molecule has 1 fully saturated rings. The molecule has 1 aliphatic carbocycles. The van der Waals surface area contributed by atoms with Crippen LogP contribution in [0.15, 0.2) is 37.0 Å². The molecule has 4 heteroatoms. The summed E-state index contributed by atoms with van der Waals surface area (Å²) in [5.41, 5.74) is -0.875. The van der Waals surface area contributed by atoms with Crippen LogP contribution in [0.4, 0.5) is 0 Å². The highest BCUT2D eigenvalue weighted by atomic mass is 16.5. The Kier molecular flexibility index (Phi) is 4.00. The second kappa shape index (κ2) is 5.53. The Bertz CT molecular complexity index is 434. The van der Waals surface area contributed by atoms with Crippen LogP contribution in [0.1, 0.15) is 19.3 Å². The number of ketones is 1. The molecule has 102 valence electrons. The smallest absolute Gasteiger partial charge is 0.230 e. The summed E-state index contributed by atoms with van der Waals surface area (Å²) in [6.07, 6.45) is 10.7. The monoisotopic (exact) mass is 261 g/mol. The summed E-state index contributed by atoms with van der Waals surface area (Å²) in [4.78, 5) is 25.1. The molecule has 1 atom stereocenters. The first-order valence-corrected chi connectivity index (χ1v) is 6.54. The van der Waals surface area contributed by atoms with Crippen LogP contribution in [0.3, 0.4) is 0 Å². The molecule has 1 unspecified atom stereocenters. The number of allylic oxidation sites excluding steroid dienone is 3. The molecule has 1 spiro atoms. The van der Waals surface area contributed by atoms with Crippen molar-refractivity contribution in [2.45, 2.75) is 25.0 Å². The van der Waals surface area contributed by atoms with Gasteiger partial charge in [0.1, 0.15) is 0 Å². The third-order valence-electron chi connectivity index (χ3n) is 3.65. The van der Waals surface area contributed by atoms with E-state index in [0.29, 0.717) is 6.61 Å². The lowest BCUT2D eigenvalue weighted by atomic mass is 9.95. The molecule has 1 amide bonds. The molecule has 1 saturated heterocycles. The van der Waals surface area contributed by atoms with Gasteiger partial charge in [0.05, 0.1) is 12.5 Å². The maximum Gasteiger partial charge on any atom is 0.230 e. The maximum atomic E-state index is 12.3. The van der Waals surface area contributed by atoms with E-state index in [9.17, 15) is 9.59 Å². The average molecular weight is 261 g/mol. The number of likely N-dealkylation sites (N-methyl/N-ethyl adjacent to an activating group) is 1. The number of ether oxygens (including phenoxy) is 1. The predicted octanol–water partition coefficient (Wildman–Crippen LogP) is 1.84. The van der Waals surface area contributed by atoms with Crippen LogP contribution in [0.5, 0.6) is 0 Å². The number of hydrogen-bond acceptors (Lipinski definition) is 3. The molecule has 0 bridgehead atoms. The van der Waals surface area contributed by atoms with Crippen LogP contribution in [0, 0.1) is 5.92 Å². The fraction of sp³-hybridized carbons (Fsp3) is 0.467. The summed E-state index contributed by atoms with van der Waals surface area (Å²) < 4.78 is 5.83. The molecule has 0 saturated carbocycles. The lowest BCUT2D eigenvalue weighted by molar-refractivity contribution is -0.176. The van der Waals surface area contributed by atoms with Gasteiger partial charge in [-0.1, -0.05) is 6.08 Å². The van der Waals surface area contributed by atoms with Gasteiger partial charge in [0.15, 0.2) is 11.5 Å². The van der Waals surface area contributed by atoms with Crippen LogP contribution in [-0.2, 0) is 14.3 Å². The van der Waals surface area contributed by atoms with Gasteiger partial charge in [-0.2, -0.15) is 0 Å². The topological polar surface area (TPSA) is 46.6 Å². The van der Waals surface area contributed by atoms with Crippen LogP contribution >= 0.6 is 0 Å². The van der Waals surface area contributed by atoms with Crippen molar-refractivity contribution in [3.05, 3.63) is 37.0 Å². The molecule has 2 rings (SSSR count). The Labute approximate surface area is 113 Å². The van der Waals surface area contributed by atoms with E-state index in [1.54, 1.807) is 24.1 Å². The quantitative estimate of drug-likeness (QED) is 0.573. The molecule has 0 aromatic carbocycles. The predicted molar refractivity (Wildman–Crippen MR) is 72.3 cm³/mol. The van der Waals surface area contributed by atoms with Gasteiger partial charge in [-0.15, -0.1) is 6.58 Å². The molecular formula is C15H19NO3. The van der Waals surface area contributed by atoms with Crippen molar-refractivity contribution < 1.29 is 14.3 Å². The van der Waals surface area contributed by atoms with Gasteiger partial charge in [0.2, 0.25) is 5.91 Å². The molecule has 0 N–H and O–H groups in total. The third-order valence-corrected chi connectivity index (χ3v) is 3.65. The molecule has 1 heterocycles.